The summed E-state index contributed by atoms with van der Waals surface area (Å²) >= 11 is 0. The zero-order chi connectivity index (χ0) is 18.1. The van der Waals surface area contributed by atoms with Crippen LogP contribution in [-0.2, 0) is 0 Å². The zero-order valence-electron chi connectivity index (χ0n) is 14.3. The summed E-state index contributed by atoms with van der Waals surface area (Å²) in [5.41, 5.74) is 5.38. The zero-order valence-corrected chi connectivity index (χ0v) is 14.3. The van der Waals surface area contributed by atoms with Crippen molar-refractivity contribution in [1.29, 1.82) is 0 Å². The van der Waals surface area contributed by atoms with Crippen LogP contribution in [0, 0.1) is 13.8 Å². The predicted molar refractivity (Wildman–Crippen MR) is 96.5 cm³/mol. The van der Waals surface area contributed by atoms with Crippen molar-refractivity contribution in [2.45, 2.75) is 13.8 Å². The number of aryl methyl sites for hydroxylation is 2. The molecule has 26 heavy (non-hydrogen) atoms. The Morgan fingerprint density at radius 1 is 0.731 bits per heavy atom. The number of nitrogens with one attached hydrogen (secondary N) is 2. The molecule has 4 aromatic rings. The number of nitrogens with zero attached hydrogens (tertiary/aromatic N) is 4. The highest BCUT2D eigenvalue weighted by Gasteiger charge is 2.26. The summed E-state index contributed by atoms with van der Waals surface area (Å²) in [5, 5.41) is 14.5. The first-order valence-corrected chi connectivity index (χ1v) is 8.12. The molecule has 128 valence electrons. The fraction of sp³-hybridized carbons (Fsp3) is 0.105. The second kappa shape index (κ2) is 6.36. The Morgan fingerprint density at radius 3 is 1.50 bits per heavy atom. The largest absolute Gasteiger partial charge is 0.288 e. The number of aromatic amines is 2. The van der Waals surface area contributed by atoms with Gasteiger partial charge >= 0.3 is 0 Å². The third-order valence-electron chi connectivity index (χ3n) is 4.26. The molecule has 0 saturated heterocycles. The number of carbonyl (C=O) groups excluding carboxylic acids is 1. The van der Waals surface area contributed by atoms with Gasteiger partial charge in [-0.25, -0.2) is 0 Å². The van der Waals surface area contributed by atoms with E-state index in [4.69, 9.17) is 0 Å². The van der Waals surface area contributed by atoms with Crippen LogP contribution in [-0.4, -0.2) is 36.1 Å². The van der Waals surface area contributed by atoms with Crippen LogP contribution in [0.2, 0.25) is 0 Å². The van der Waals surface area contributed by atoms with E-state index in [1.54, 1.807) is 24.8 Å². The van der Waals surface area contributed by atoms with E-state index >= 15 is 0 Å². The van der Waals surface area contributed by atoms with Crippen molar-refractivity contribution in [3.8, 4) is 22.5 Å². The molecule has 2 N–H and O–H groups in total. The Kier molecular flexibility index (Phi) is 3.89. The summed E-state index contributed by atoms with van der Waals surface area (Å²) in [7, 11) is 0. The van der Waals surface area contributed by atoms with Gasteiger partial charge in [-0.15, -0.1) is 0 Å². The van der Waals surface area contributed by atoms with Crippen molar-refractivity contribution < 1.29 is 4.79 Å². The SMILES string of the molecule is Cc1[nH]nc(-c2ccncc2)c1C(=O)c1c(-c2ccncc2)n[nH]c1C. The molecule has 0 spiro atoms. The van der Waals surface area contributed by atoms with E-state index in [1.165, 1.54) is 0 Å². The molecular weight excluding hydrogens is 328 g/mol. The maximum atomic E-state index is 13.4. The predicted octanol–water partition coefficient (Wildman–Crippen LogP) is 3.10. The van der Waals surface area contributed by atoms with E-state index in [2.05, 4.69) is 30.4 Å². The fourth-order valence-electron chi connectivity index (χ4n) is 2.98. The molecule has 0 radical (unpaired) electrons. The van der Waals surface area contributed by atoms with Crippen LogP contribution in [0.25, 0.3) is 22.5 Å². The minimum atomic E-state index is -0.124. The standard InChI is InChI=1S/C19H16N6O/c1-11-15(17(24-22-11)13-3-7-20-8-4-13)19(26)16-12(2)23-25-18(16)14-5-9-21-10-6-14/h3-10H,1-2H3,(H,22,24)(H,23,25). The van der Waals surface area contributed by atoms with Gasteiger partial charge in [0.05, 0.1) is 11.1 Å². The second-order valence-corrected chi connectivity index (χ2v) is 5.95. The summed E-state index contributed by atoms with van der Waals surface area (Å²) in [4.78, 5) is 21.5. The average molecular weight is 344 g/mol. The van der Waals surface area contributed by atoms with E-state index in [0.717, 1.165) is 11.1 Å². The minimum absolute atomic E-state index is 0.124. The van der Waals surface area contributed by atoms with Gasteiger partial charge < -0.3 is 0 Å². The average Bonchev–Trinajstić information content (AvgIpc) is 3.25. The first kappa shape index (κ1) is 15.9. The molecule has 0 aliphatic rings. The van der Waals surface area contributed by atoms with Gasteiger partial charge in [0.25, 0.3) is 0 Å². The summed E-state index contributed by atoms with van der Waals surface area (Å²) in [6.45, 7) is 3.68. The molecule has 4 rings (SSSR count). The second-order valence-electron chi connectivity index (χ2n) is 5.95. The Labute approximate surface area is 149 Å². The molecule has 0 aromatic carbocycles. The molecule has 0 aliphatic heterocycles. The van der Waals surface area contributed by atoms with Crippen LogP contribution in [0.1, 0.15) is 27.3 Å². The smallest absolute Gasteiger partial charge is 0.201 e. The summed E-state index contributed by atoms with van der Waals surface area (Å²) in [5.74, 6) is -0.124. The molecule has 4 heterocycles. The Hall–Kier alpha value is -3.61. The first-order chi connectivity index (χ1) is 12.7. The summed E-state index contributed by atoms with van der Waals surface area (Å²) in [6.07, 6.45) is 6.72. The molecule has 0 bridgehead atoms. The molecule has 7 heteroatoms. The van der Waals surface area contributed by atoms with Crippen LogP contribution in [0.15, 0.2) is 49.1 Å². The van der Waals surface area contributed by atoms with Crippen molar-refractivity contribution >= 4 is 5.78 Å². The minimum Gasteiger partial charge on any atom is -0.288 e. The molecule has 0 unspecified atom stereocenters. The van der Waals surface area contributed by atoms with Crippen LogP contribution in [0.3, 0.4) is 0 Å². The molecule has 0 atom stereocenters. The van der Waals surface area contributed by atoms with Gasteiger partial charge in [0.1, 0.15) is 11.4 Å². The van der Waals surface area contributed by atoms with Crippen molar-refractivity contribution in [1.82, 2.24) is 30.4 Å². The van der Waals surface area contributed by atoms with Crippen molar-refractivity contribution in [3.63, 3.8) is 0 Å². The van der Waals surface area contributed by atoms with Crippen LogP contribution < -0.4 is 0 Å². The van der Waals surface area contributed by atoms with Crippen molar-refractivity contribution in [2.24, 2.45) is 0 Å². The number of aromatic nitrogens is 6. The van der Waals surface area contributed by atoms with E-state index in [0.29, 0.717) is 33.9 Å². The molecule has 0 aliphatic carbocycles. The maximum absolute atomic E-state index is 13.4. The van der Waals surface area contributed by atoms with Gasteiger partial charge in [-0.1, -0.05) is 0 Å². The van der Waals surface area contributed by atoms with Crippen molar-refractivity contribution in [3.05, 3.63) is 71.6 Å². The number of hydrogen-bond acceptors (Lipinski definition) is 5. The number of carbonyl (C=O) groups is 1. The molecular formula is C19H16N6O. The van der Waals surface area contributed by atoms with E-state index in [9.17, 15) is 4.79 Å². The number of ketones is 1. The lowest BCUT2D eigenvalue weighted by atomic mass is 9.95. The Morgan fingerprint density at radius 2 is 1.12 bits per heavy atom. The Bertz CT molecular complexity index is 980. The third kappa shape index (κ3) is 2.59. The lowest BCUT2D eigenvalue weighted by Crippen LogP contribution is -2.06. The Balaban J connectivity index is 1.87. The third-order valence-corrected chi connectivity index (χ3v) is 4.26. The molecule has 4 aromatic heterocycles. The van der Waals surface area contributed by atoms with E-state index < -0.39 is 0 Å². The maximum Gasteiger partial charge on any atom is 0.201 e. The molecule has 0 amide bonds. The lowest BCUT2D eigenvalue weighted by molar-refractivity contribution is 0.103. The summed E-state index contributed by atoms with van der Waals surface area (Å²) in [6, 6.07) is 7.33. The highest BCUT2D eigenvalue weighted by atomic mass is 16.1. The number of pyridine rings is 2. The highest BCUT2D eigenvalue weighted by Crippen LogP contribution is 2.30. The van der Waals surface area contributed by atoms with E-state index in [1.807, 2.05) is 38.1 Å². The van der Waals surface area contributed by atoms with Crippen LogP contribution in [0.4, 0.5) is 0 Å². The molecule has 0 fully saturated rings. The van der Waals surface area contributed by atoms with Gasteiger partial charge in [-0.05, 0) is 38.1 Å². The van der Waals surface area contributed by atoms with Gasteiger partial charge in [0, 0.05) is 47.3 Å². The topological polar surface area (TPSA) is 100 Å². The van der Waals surface area contributed by atoms with Gasteiger partial charge in [-0.3, -0.25) is 25.0 Å². The first-order valence-electron chi connectivity index (χ1n) is 8.12. The number of hydrogen-bond donors (Lipinski definition) is 2. The lowest BCUT2D eigenvalue weighted by Gasteiger charge is -2.06. The van der Waals surface area contributed by atoms with Crippen LogP contribution >= 0.6 is 0 Å². The highest BCUT2D eigenvalue weighted by molar-refractivity contribution is 6.16. The van der Waals surface area contributed by atoms with Crippen LogP contribution in [0.5, 0.6) is 0 Å². The number of rotatable bonds is 4. The van der Waals surface area contributed by atoms with Gasteiger partial charge in [0.15, 0.2) is 0 Å². The van der Waals surface area contributed by atoms with Gasteiger partial charge in [0.2, 0.25) is 5.78 Å². The quantitative estimate of drug-likeness (QED) is 0.554. The monoisotopic (exact) mass is 344 g/mol. The normalized spacial score (nSPS) is 10.8. The fourth-order valence-corrected chi connectivity index (χ4v) is 2.98. The molecule has 0 saturated carbocycles. The van der Waals surface area contributed by atoms with E-state index in [-0.39, 0.29) is 5.78 Å². The van der Waals surface area contributed by atoms with Crippen molar-refractivity contribution in [2.75, 3.05) is 0 Å². The van der Waals surface area contributed by atoms with Gasteiger partial charge in [-0.2, -0.15) is 10.2 Å². The number of H-pyrrole nitrogens is 2. The summed E-state index contributed by atoms with van der Waals surface area (Å²) < 4.78 is 0. The molecule has 7 nitrogen and oxygen atoms in total.